The number of carbonyl (C=O) groups is 1. The van der Waals surface area contributed by atoms with Crippen molar-refractivity contribution in [3.8, 4) is 0 Å². The first-order valence-electron chi connectivity index (χ1n) is 3.33. The lowest BCUT2D eigenvalue weighted by Gasteiger charge is -2.19. The van der Waals surface area contributed by atoms with Crippen molar-refractivity contribution in [2.24, 2.45) is 0 Å². The van der Waals surface area contributed by atoms with Crippen LogP contribution in [0.5, 0.6) is 0 Å². The first-order chi connectivity index (χ1) is 4.98. The molecular formula is C6H14O3SSi. The van der Waals surface area contributed by atoms with Crippen molar-refractivity contribution in [3.63, 3.8) is 0 Å². The summed E-state index contributed by atoms with van der Waals surface area (Å²) in [7, 11) is 1.08. The van der Waals surface area contributed by atoms with Crippen molar-refractivity contribution in [3.05, 3.63) is 0 Å². The maximum absolute atomic E-state index is 10.4. The highest BCUT2D eigenvalue weighted by Crippen LogP contribution is 2.23. The minimum absolute atomic E-state index is 0.0274. The predicted molar refractivity (Wildman–Crippen MR) is 49.0 cm³/mol. The molecule has 0 aromatic carbocycles. The van der Waals surface area contributed by atoms with Crippen molar-refractivity contribution in [2.75, 3.05) is 7.11 Å². The molecule has 0 fully saturated rings. The fourth-order valence-electron chi connectivity index (χ4n) is 0.543. The van der Waals surface area contributed by atoms with Crippen LogP contribution in [0.15, 0.2) is 0 Å². The second kappa shape index (κ2) is 4.79. The number of hydrogen-bond acceptors (Lipinski definition) is 4. The third kappa shape index (κ3) is 6.40. The van der Waals surface area contributed by atoms with Crippen LogP contribution in [-0.4, -0.2) is 27.2 Å². The molecule has 11 heavy (non-hydrogen) atoms. The van der Waals surface area contributed by atoms with Crippen LogP contribution in [0.3, 0.4) is 0 Å². The van der Waals surface area contributed by atoms with E-state index in [9.17, 15) is 4.79 Å². The Labute approximate surface area is 74.0 Å². The molecule has 0 heterocycles. The molecule has 0 aliphatic rings. The van der Waals surface area contributed by atoms with Crippen LogP contribution in [0.2, 0.25) is 0 Å². The fourth-order valence-corrected chi connectivity index (χ4v) is 2.30. The summed E-state index contributed by atoms with van der Waals surface area (Å²) < 4.78 is 9.83. The van der Waals surface area contributed by atoms with E-state index in [1.54, 1.807) is 7.11 Å². The molecule has 0 N–H and O–H groups in total. The highest BCUT2D eigenvalue weighted by molar-refractivity contribution is 7.97. The molecule has 3 nitrogen and oxygen atoms in total. The Balaban J connectivity index is 3.63. The van der Waals surface area contributed by atoms with Crippen molar-refractivity contribution in [2.45, 2.75) is 25.1 Å². The molecule has 0 aliphatic heterocycles. The summed E-state index contributed by atoms with van der Waals surface area (Å²) in [5.74, 6) is -0.256. The molecule has 5 heteroatoms. The lowest BCUT2D eigenvalue weighted by atomic mass is 10.5. The zero-order valence-corrected chi connectivity index (χ0v) is 9.57. The highest BCUT2D eigenvalue weighted by atomic mass is 32.2. The normalized spacial score (nSPS) is 12.4. The summed E-state index contributed by atoms with van der Waals surface area (Å²) >= 11 is 1.20. The van der Waals surface area contributed by atoms with Gasteiger partial charge in [0, 0.05) is 14.0 Å². The fraction of sp³-hybridized carbons (Fsp3) is 0.833. The SMILES string of the molecule is CO[SiH2]C(C)(C)SOC(C)=O. The van der Waals surface area contributed by atoms with E-state index in [0.717, 1.165) is 0 Å². The van der Waals surface area contributed by atoms with Gasteiger partial charge in [-0.05, 0) is 13.8 Å². The van der Waals surface area contributed by atoms with Crippen LogP contribution < -0.4 is 0 Å². The third-order valence-electron chi connectivity index (χ3n) is 0.877. The number of hydrogen-bond donors (Lipinski definition) is 0. The Morgan fingerprint density at radius 1 is 1.55 bits per heavy atom. The molecule has 0 saturated carbocycles. The smallest absolute Gasteiger partial charge is 0.314 e. The van der Waals surface area contributed by atoms with Gasteiger partial charge in [-0.2, -0.15) is 0 Å². The quantitative estimate of drug-likeness (QED) is 0.486. The maximum atomic E-state index is 10.4. The van der Waals surface area contributed by atoms with Gasteiger partial charge in [-0.1, -0.05) is 0 Å². The van der Waals surface area contributed by atoms with Crippen LogP contribution in [0.25, 0.3) is 0 Å². The Morgan fingerprint density at radius 2 is 2.09 bits per heavy atom. The molecule has 0 aromatic rings. The first kappa shape index (κ1) is 11.0. The highest BCUT2D eigenvalue weighted by Gasteiger charge is 2.22. The minimum Gasteiger partial charge on any atom is -0.426 e. The zero-order chi connectivity index (χ0) is 8.91. The second-order valence-electron chi connectivity index (χ2n) is 2.85. The van der Waals surface area contributed by atoms with Gasteiger partial charge in [-0.25, -0.2) is 0 Å². The molecule has 0 aromatic heterocycles. The van der Waals surface area contributed by atoms with Gasteiger partial charge in [0.1, 0.15) is 0 Å². The standard InChI is InChI=1S/C6H14O3SSi/c1-5(7)9-10-6(2,3)11-8-4/h11H2,1-4H3. The molecule has 0 atom stereocenters. The Kier molecular flexibility index (Phi) is 4.79. The van der Waals surface area contributed by atoms with E-state index in [1.165, 1.54) is 19.0 Å². The van der Waals surface area contributed by atoms with Gasteiger partial charge < -0.3 is 8.61 Å². The van der Waals surface area contributed by atoms with Crippen LogP contribution in [0, 0.1) is 0 Å². The summed E-state index contributed by atoms with van der Waals surface area (Å²) in [4.78, 5) is 10.4. The minimum atomic E-state index is -0.608. The summed E-state index contributed by atoms with van der Waals surface area (Å²) in [6.45, 7) is 5.42. The summed E-state index contributed by atoms with van der Waals surface area (Å²) in [6, 6.07) is 0. The zero-order valence-electron chi connectivity index (χ0n) is 7.34. The van der Waals surface area contributed by atoms with E-state index in [2.05, 4.69) is 0 Å². The van der Waals surface area contributed by atoms with Gasteiger partial charge in [0.15, 0.2) is 9.76 Å². The first-order valence-corrected chi connectivity index (χ1v) is 5.36. The van der Waals surface area contributed by atoms with Gasteiger partial charge in [0.05, 0.1) is 16.4 Å². The van der Waals surface area contributed by atoms with Crippen LogP contribution in [-0.2, 0) is 13.4 Å². The lowest BCUT2D eigenvalue weighted by molar-refractivity contribution is -0.130. The monoisotopic (exact) mass is 194 g/mol. The largest absolute Gasteiger partial charge is 0.426 e. The Morgan fingerprint density at radius 3 is 2.45 bits per heavy atom. The average molecular weight is 194 g/mol. The van der Waals surface area contributed by atoms with E-state index in [0.29, 0.717) is 0 Å². The second-order valence-corrected chi connectivity index (χ2v) is 7.44. The molecule has 66 valence electrons. The van der Waals surface area contributed by atoms with Crippen LogP contribution in [0.1, 0.15) is 20.8 Å². The summed E-state index contributed by atoms with van der Waals surface area (Å²) in [5, 5.41) is 0. The molecule has 0 amide bonds. The van der Waals surface area contributed by atoms with Gasteiger partial charge in [-0.3, -0.25) is 4.79 Å². The molecule has 0 unspecified atom stereocenters. The van der Waals surface area contributed by atoms with E-state index < -0.39 is 9.76 Å². The van der Waals surface area contributed by atoms with Crippen LogP contribution in [0.4, 0.5) is 0 Å². The molecule has 0 rings (SSSR count). The third-order valence-corrected chi connectivity index (χ3v) is 3.34. The molecular weight excluding hydrogens is 180 g/mol. The van der Waals surface area contributed by atoms with E-state index in [4.69, 9.17) is 8.61 Å². The Bertz CT molecular complexity index is 138. The summed E-state index contributed by atoms with van der Waals surface area (Å²) in [5.41, 5.74) is 0. The predicted octanol–water partition coefficient (Wildman–Crippen LogP) is 0.664. The van der Waals surface area contributed by atoms with Gasteiger partial charge in [-0.15, -0.1) is 0 Å². The number of rotatable bonds is 4. The van der Waals surface area contributed by atoms with Crippen molar-refractivity contribution < 1.29 is 13.4 Å². The van der Waals surface area contributed by atoms with Crippen LogP contribution >= 0.6 is 12.0 Å². The maximum Gasteiger partial charge on any atom is 0.314 e. The summed E-state index contributed by atoms with van der Waals surface area (Å²) in [6.07, 6.45) is 0. The van der Waals surface area contributed by atoms with Gasteiger partial charge >= 0.3 is 5.97 Å². The topological polar surface area (TPSA) is 35.5 Å². The Hall–Kier alpha value is -0.00312. The van der Waals surface area contributed by atoms with E-state index in [1.807, 2.05) is 13.8 Å². The molecule has 0 bridgehead atoms. The number of carbonyl (C=O) groups excluding carboxylic acids is 1. The molecule has 0 saturated heterocycles. The molecule has 0 radical (unpaired) electrons. The molecule has 0 aliphatic carbocycles. The van der Waals surface area contributed by atoms with Gasteiger partial charge in [0.25, 0.3) is 0 Å². The van der Waals surface area contributed by atoms with Crippen molar-refractivity contribution in [1.82, 2.24) is 0 Å². The van der Waals surface area contributed by atoms with Crippen molar-refractivity contribution in [1.29, 1.82) is 0 Å². The van der Waals surface area contributed by atoms with Crippen molar-refractivity contribution >= 4 is 27.8 Å². The van der Waals surface area contributed by atoms with Gasteiger partial charge in [0.2, 0.25) is 0 Å². The lowest BCUT2D eigenvalue weighted by Crippen LogP contribution is -2.26. The van der Waals surface area contributed by atoms with E-state index in [-0.39, 0.29) is 10.3 Å². The molecule has 0 spiro atoms. The van der Waals surface area contributed by atoms with E-state index >= 15 is 0 Å². The average Bonchev–Trinajstić information content (AvgIpc) is 1.84.